The normalized spacial score (nSPS) is 30.8. The van der Waals surface area contributed by atoms with Crippen LogP contribution in [0.3, 0.4) is 0 Å². The van der Waals surface area contributed by atoms with Gasteiger partial charge in [-0.1, -0.05) is 35.9 Å². The van der Waals surface area contributed by atoms with Gasteiger partial charge in [0, 0.05) is 10.9 Å². The van der Waals surface area contributed by atoms with Crippen molar-refractivity contribution >= 4 is 21.0 Å². The molecule has 0 spiro atoms. The number of hydrogen-bond donors (Lipinski definition) is 0. The van der Waals surface area contributed by atoms with Gasteiger partial charge in [-0.15, -0.1) is 4.40 Å². The molecule has 4 heterocycles. The van der Waals surface area contributed by atoms with E-state index in [4.69, 9.17) is 28.1 Å². The van der Waals surface area contributed by atoms with Gasteiger partial charge in [0.05, 0.1) is 4.90 Å². The Balaban J connectivity index is 1.52. The SMILES string of the molecule is Cc1ccc(S(=O)(=O)/N=c2\oc3ccccc3cc2[C@H]2O[C@@H]3OC(C)(C)O[C@@H]3[C@H]3OC(C)(C)O[C@H]32)cc1. The van der Waals surface area contributed by atoms with Gasteiger partial charge in [0.2, 0.25) is 5.55 Å². The zero-order valence-electron chi connectivity index (χ0n) is 21.2. The molecular weight excluding hydrogens is 498 g/mol. The zero-order chi connectivity index (χ0) is 26.2. The summed E-state index contributed by atoms with van der Waals surface area (Å²) in [5.41, 5.74) is 1.75. The summed E-state index contributed by atoms with van der Waals surface area (Å²) in [6.45, 7) is 9.13. The number of sulfonamides is 1. The Labute approximate surface area is 215 Å². The molecule has 1 aromatic heterocycles. The highest BCUT2D eigenvalue weighted by Crippen LogP contribution is 2.48. The van der Waals surface area contributed by atoms with E-state index in [9.17, 15) is 8.42 Å². The fourth-order valence-electron chi connectivity index (χ4n) is 5.09. The Bertz CT molecular complexity index is 1530. The minimum atomic E-state index is -4.09. The Kier molecular flexibility index (Phi) is 5.65. The topological polar surface area (TPSA) is 106 Å². The first-order chi connectivity index (χ1) is 17.4. The van der Waals surface area contributed by atoms with Crippen molar-refractivity contribution in [3.05, 3.63) is 71.3 Å². The van der Waals surface area contributed by atoms with Gasteiger partial charge in [-0.25, -0.2) is 0 Å². The smallest absolute Gasteiger partial charge is 0.285 e. The van der Waals surface area contributed by atoms with Crippen LogP contribution in [0.5, 0.6) is 0 Å². The predicted octanol–water partition coefficient (Wildman–Crippen LogP) is 4.10. The van der Waals surface area contributed by atoms with E-state index in [0.29, 0.717) is 11.1 Å². The molecule has 9 nitrogen and oxygen atoms in total. The number of aryl methyl sites for hydroxylation is 1. The van der Waals surface area contributed by atoms with Gasteiger partial charge in [0.15, 0.2) is 17.9 Å². The van der Waals surface area contributed by atoms with Crippen LogP contribution in [0.1, 0.15) is 44.9 Å². The standard InChI is InChI=1S/C27H29NO8S/c1-15-10-12-17(13-11-15)37(29,30)28-24-18(14-16-8-6-7-9-19(16)31-24)20-21-22(34-26(2,3)33-21)23-25(32-20)36-27(4,5)35-23/h6-14,20-23,25H,1-5H3/b28-24-/t20-,21+,22+,23-,25-/m1/s1. The molecule has 0 unspecified atom stereocenters. The second-order valence-electron chi connectivity index (χ2n) is 10.5. The van der Waals surface area contributed by atoms with Gasteiger partial charge in [-0.2, -0.15) is 8.42 Å². The van der Waals surface area contributed by atoms with Gasteiger partial charge in [-0.05, 0) is 58.9 Å². The Morgan fingerprint density at radius 2 is 1.46 bits per heavy atom. The number of hydrogen-bond acceptors (Lipinski definition) is 8. The van der Waals surface area contributed by atoms with E-state index in [-0.39, 0.29) is 10.4 Å². The Morgan fingerprint density at radius 1 is 0.811 bits per heavy atom. The third kappa shape index (κ3) is 4.52. The quantitative estimate of drug-likeness (QED) is 0.501. The van der Waals surface area contributed by atoms with Crippen LogP contribution in [0.4, 0.5) is 0 Å². The third-order valence-corrected chi connectivity index (χ3v) is 7.94. The molecule has 0 aliphatic carbocycles. The summed E-state index contributed by atoms with van der Waals surface area (Å²) in [7, 11) is -4.09. The Hall–Kier alpha value is -2.60. The molecule has 0 amide bonds. The van der Waals surface area contributed by atoms with E-state index in [1.54, 1.807) is 32.0 Å². The maximum Gasteiger partial charge on any atom is 0.285 e. The van der Waals surface area contributed by atoms with Crippen LogP contribution in [0.15, 0.2) is 68.3 Å². The van der Waals surface area contributed by atoms with Crippen molar-refractivity contribution in [3.63, 3.8) is 0 Å². The summed E-state index contributed by atoms with van der Waals surface area (Å²) in [6, 6.07) is 15.6. The summed E-state index contributed by atoms with van der Waals surface area (Å²) in [5, 5.41) is 0.758. The monoisotopic (exact) mass is 527 g/mol. The number of ether oxygens (including phenoxy) is 5. The molecule has 10 heteroatoms. The minimum Gasteiger partial charge on any atom is -0.437 e. The van der Waals surface area contributed by atoms with Crippen LogP contribution in [0, 0.1) is 6.92 Å². The van der Waals surface area contributed by atoms with E-state index >= 15 is 0 Å². The first kappa shape index (κ1) is 24.7. The van der Waals surface area contributed by atoms with Crippen molar-refractivity contribution < 1.29 is 36.5 Å². The van der Waals surface area contributed by atoms with Gasteiger partial charge < -0.3 is 28.1 Å². The first-order valence-electron chi connectivity index (χ1n) is 12.2. The van der Waals surface area contributed by atoms with Crippen molar-refractivity contribution in [2.24, 2.45) is 4.40 Å². The van der Waals surface area contributed by atoms with Crippen molar-refractivity contribution in [1.29, 1.82) is 0 Å². The predicted molar refractivity (Wildman–Crippen MR) is 132 cm³/mol. The molecule has 2 aromatic carbocycles. The molecule has 5 atom stereocenters. The average molecular weight is 528 g/mol. The van der Waals surface area contributed by atoms with E-state index in [2.05, 4.69) is 4.40 Å². The molecule has 3 saturated heterocycles. The lowest BCUT2D eigenvalue weighted by Gasteiger charge is -2.37. The molecule has 3 aromatic rings. The minimum absolute atomic E-state index is 0.0609. The molecule has 37 heavy (non-hydrogen) atoms. The van der Waals surface area contributed by atoms with Gasteiger partial charge >= 0.3 is 0 Å². The maximum absolute atomic E-state index is 13.3. The van der Waals surface area contributed by atoms with Gasteiger partial charge in [-0.3, -0.25) is 0 Å². The lowest BCUT2D eigenvalue weighted by Crippen LogP contribution is -2.52. The second kappa shape index (κ2) is 8.45. The van der Waals surface area contributed by atoms with E-state index in [1.807, 2.05) is 45.0 Å². The summed E-state index contributed by atoms with van der Waals surface area (Å²) >= 11 is 0. The summed E-state index contributed by atoms with van der Waals surface area (Å²) < 4.78 is 67.9. The third-order valence-electron chi connectivity index (χ3n) is 6.67. The lowest BCUT2D eigenvalue weighted by atomic mass is 9.94. The van der Waals surface area contributed by atoms with Crippen LogP contribution >= 0.6 is 0 Å². The van der Waals surface area contributed by atoms with Crippen LogP contribution in [0.2, 0.25) is 0 Å². The largest absolute Gasteiger partial charge is 0.437 e. The molecule has 0 N–H and O–H groups in total. The van der Waals surface area contributed by atoms with Crippen molar-refractivity contribution in [2.75, 3.05) is 0 Å². The first-order valence-corrected chi connectivity index (χ1v) is 13.6. The average Bonchev–Trinajstić information content (AvgIpc) is 3.32. The van der Waals surface area contributed by atoms with E-state index < -0.39 is 52.3 Å². The molecule has 0 bridgehead atoms. The van der Waals surface area contributed by atoms with Crippen LogP contribution in [0.25, 0.3) is 11.0 Å². The molecule has 3 aliphatic heterocycles. The summed E-state index contributed by atoms with van der Waals surface area (Å²) in [4.78, 5) is 0.0609. The number of rotatable bonds is 3. The van der Waals surface area contributed by atoms with Crippen molar-refractivity contribution in [2.45, 2.75) is 81.8 Å². The number of fused-ring (bicyclic) bond motifs is 4. The highest BCUT2D eigenvalue weighted by Gasteiger charge is 2.61. The van der Waals surface area contributed by atoms with Crippen molar-refractivity contribution in [3.8, 4) is 0 Å². The number of para-hydroxylation sites is 1. The molecule has 196 valence electrons. The maximum atomic E-state index is 13.3. The van der Waals surface area contributed by atoms with E-state index in [0.717, 1.165) is 10.9 Å². The highest BCUT2D eigenvalue weighted by molar-refractivity contribution is 7.90. The van der Waals surface area contributed by atoms with Crippen molar-refractivity contribution in [1.82, 2.24) is 0 Å². The van der Waals surface area contributed by atoms with Gasteiger partial charge in [0.1, 0.15) is 30.0 Å². The van der Waals surface area contributed by atoms with Gasteiger partial charge in [0.25, 0.3) is 10.0 Å². The summed E-state index contributed by atoms with van der Waals surface area (Å²) in [6.07, 6.45) is -3.22. The summed E-state index contributed by atoms with van der Waals surface area (Å²) in [5.74, 6) is -1.80. The Morgan fingerprint density at radius 3 is 2.22 bits per heavy atom. The molecule has 0 saturated carbocycles. The number of nitrogens with zero attached hydrogens (tertiary/aromatic N) is 1. The molecule has 3 aliphatic rings. The molecule has 3 fully saturated rings. The molecular formula is C27H29NO8S. The van der Waals surface area contributed by atoms with Crippen LogP contribution < -0.4 is 5.55 Å². The molecule has 6 rings (SSSR count). The van der Waals surface area contributed by atoms with Crippen LogP contribution in [-0.2, 0) is 33.7 Å². The highest BCUT2D eigenvalue weighted by atomic mass is 32.2. The van der Waals surface area contributed by atoms with Crippen LogP contribution in [-0.4, -0.2) is 44.6 Å². The van der Waals surface area contributed by atoms with E-state index in [1.165, 1.54) is 12.1 Å². The second-order valence-corrected chi connectivity index (χ2v) is 12.1. The number of benzene rings is 2. The zero-order valence-corrected chi connectivity index (χ0v) is 22.0. The fourth-order valence-corrected chi connectivity index (χ4v) is 6.04. The lowest BCUT2D eigenvalue weighted by molar-refractivity contribution is -0.236. The molecule has 0 radical (unpaired) electrons. The fraction of sp³-hybridized carbons (Fsp3) is 0.444.